The Hall–Kier alpha value is -1.88. The van der Waals surface area contributed by atoms with E-state index in [0.29, 0.717) is 11.3 Å². The van der Waals surface area contributed by atoms with E-state index in [1.165, 1.54) is 0 Å². The predicted molar refractivity (Wildman–Crippen MR) is 76.0 cm³/mol. The summed E-state index contributed by atoms with van der Waals surface area (Å²) >= 11 is 1.61. The van der Waals surface area contributed by atoms with Crippen LogP contribution in [0.25, 0.3) is 0 Å². The summed E-state index contributed by atoms with van der Waals surface area (Å²) in [6.45, 7) is 3.65. The van der Waals surface area contributed by atoms with Crippen molar-refractivity contribution in [2.75, 3.05) is 5.32 Å². The summed E-state index contributed by atoms with van der Waals surface area (Å²) in [5.41, 5.74) is 7.55. The number of hydrogen-bond acceptors (Lipinski definition) is 3. The van der Waals surface area contributed by atoms with Crippen LogP contribution in [0.15, 0.2) is 29.0 Å². The van der Waals surface area contributed by atoms with Gasteiger partial charge in [0.15, 0.2) is 0 Å². The van der Waals surface area contributed by atoms with Gasteiger partial charge in [-0.25, -0.2) is 4.39 Å². The number of thiophene rings is 1. The van der Waals surface area contributed by atoms with Crippen molar-refractivity contribution < 1.29 is 9.18 Å². The van der Waals surface area contributed by atoms with Gasteiger partial charge in [-0.05, 0) is 48.4 Å². The molecule has 0 aliphatic carbocycles. The van der Waals surface area contributed by atoms with Gasteiger partial charge in [-0.2, -0.15) is 11.3 Å². The Morgan fingerprint density at radius 1 is 1.47 bits per heavy atom. The summed E-state index contributed by atoms with van der Waals surface area (Å²) in [5.74, 6) is -1.07. The minimum absolute atomic E-state index is 0.0347. The first kappa shape index (κ1) is 13.5. The molecule has 1 aromatic heterocycles. The molecule has 0 bridgehead atoms. The number of carbonyl (C=O) groups is 1. The number of carbonyl (C=O) groups excluding carboxylic acids is 1. The number of primary amides is 1. The highest BCUT2D eigenvalue weighted by atomic mass is 32.1. The van der Waals surface area contributed by atoms with Crippen LogP contribution in [0.2, 0.25) is 0 Å². The quantitative estimate of drug-likeness (QED) is 0.899. The summed E-state index contributed by atoms with van der Waals surface area (Å²) in [4.78, 5) is 11.2. The fraction of sp³-hybridized carbons (Fsp3) is 0.214. The molecule has 2 rings (SSSR count). The number of benzene rings is 1. The van der Waals surface area contributed by atoms with Crippen molar-refractivity contribution in [2.24, 2.45) is 5.73 Å². The van der Waals surface area contributed by atoms with Gasteiger partial charge in [0.25, 0.3) is 0 Å². The molecule has 19 heavy (non-hydrogen) atoms. The number of amides is 1. The molecule has 1 amide bonds. The largest absolute Gasteiger partial charge is 0.378 e. The third-order valence-electron chi connectivity index (χ3n) is 3.04. The number of rotatable bonds is 4. The predicted octanol–water partition coefficient (Wildman–Crippen LogP) is 3.47. The Bertz CT molecular complexity index is 596. The highest BCUT2D eigenvalue weighted by Gasteiger charge is 2.13. The van der Waals surface area contributed by atoms with Gasteiger partial charge in [0.05, 0.1) is 0 Å². The van der Waals surface area contributed by atoms with Crippen LogP contribution < -0.4 is 11.1 Å². The summed E-state index contributed by atoms with van der Waals surface area (Å²) < 4.78 is 13.7. The minimum atomic E-state index is -0.634. The van der Waals surface area contributed by atoms with E-state index in [1.807, 2.05) is 23.8 Å². The molecule has 0 aliphatic rings. The van der Waals surface area contributed by atoms with Gasteiger partial charge < -0.3 is 11.1 Å². The molecular formula is C14H15FN2OS. The van der Waals surface area contributed by atoms with Crippen molar-refractivity contribution in [2.45, 2.75) is 19.9 Å². The molecular weight excluding hydrogens is 263 g/mol. The smallest absolute Gasteiger partial charge is 0.248 e. The van der Waals surface area contributed by atoms with E-state index in [4.69, 9.17) is 5.73 Å². The Balaban J connectivity index is 2.31. The van der Waals surface area contributed by atoms with Crippen molar-refractivity contribution in [1.29, 1.82) is 0 Å². The monoisotopic (exact) mass is 278 g/mol. The molecule has 3 nitrogen and oxygen atoms in total. The normalized spacial score (nSPS) is 12.2. The fourth-order valence-corrected chi connectivity index (χ4v) is 2.56. The van der Waals surface area contributed by atoms with Gasteiger partial charge in [-0.15, -0.1) is 0 Å². The van der Waals surface area contributed by atoms with E-state index >= 15 is 0 Å². The molecule has 0 radical (unpaired) electrons. The first-order valence-electron chi connectivity index (χ1n) is 5.87. The topological polar surface area (TPSA) is 55.1 Å². The second-order valence-electron chi connectivity index (χ2n) is 4.42. The summed E-state index contributed by atoms with van der Waals surface area (Å²) in [7, 11) is 0. The van der Waals surface area contributed by atoms with Gasteiger partial charge in [0.1, 0.15) is 5.82 Å². The molecule has 5 heteroatoms. The second kappa shape index (κ2) is 5.40. The zero-order chi connectivity index (χ0) is 14.0. The van der Waals surface area contributed by atoms with Crippen molar-refractivity contribution in [3.05, 3.63) is 51.5 Å². The molecule has 0 spiro atoms. The maximum Gasteiger partial charge on any atom is 0.248 e. The van der Waals surface area contributed by atoms with Gasteiger partial charge in [-0.3, -0.25) is 4.79 Å². The maximum absolute atomic E-state index is 13.7. The van der Waals surface area contributed by atoms with E-state index < -0.39 is 11.7 Å². The number of nitrogens with one attached hydrogen (secondary N) is 1. The lowest BCUT2D eigenvalue weighted by Crippen LogP contribution is -2.14. The van der Waals surface area contributed by atoms with Crippen molar-refractivity contribution >= 4 is 22.9 Å². The first-order valence-corrected chi connectivity index (χ1v) is 6.82. The number of halogens is 1. The van der Waals surface area contributed by atoms with Crippen molar-refractivity contribution in [3.63, 3.8) is 0 Å². The van der Waals surface area contributed by atoms with Crippen LogP contribution in [-0.2, 0) is 0 Å². The number of anilines is 1. The average molecular weight is 278 g/mol. The molecule has 0 aliphatic heterocycles. The zero-order valence-corrected chi connectivity index (χ0v) is 11.6. The first-order chi connectivity index (χ1) is 8.99. The SMILES string of the molecule is Cc1c(F)cc(C(N)=O)cc1NC(C)c1ccsc1. The van der Waals surface area contributed by atoms with Gasteiger partial charge >= 0.3 is 0 Å². The van der Waals surface area contributed by atoms with Crippen LogP contribution in [0.1, 0.15) is 34.5 Å². The molecule has 3 N–H and O–H groups in total. The third kappa shape index (κ3) is 2.93. The minimum Gasteiger partial charge on any atom is -0.378 e. The highest BCUT2D eigenvalue weighted by molar-refractivity contribution is 7.07. The maximum atomic E-state index is 13.7. The summed E-state index contributed by atoms with van der Waals surface area (Å²) in [6.07, 6.45) is 0. The Kier molecular flexibility index (Phi) is 3.85. The van der Waals surface area contributed by atoms with E-state index in [0.717, 1.165) is 11.6 Å². The molecule has 0 saturated heterocycles. The molecule has 1 aromatic carbocycles. The second-order valence-corrected chi connectivity index (χ2v) is 5.20. The van der Waals surface area contributed by atoms with Crippen LogP contribution in [0.3, 0.4) is 0 Å². The molecule has 2 aromatic rings. The van der Waals surface area contributed by atoms with Crippen molar-refractivity contribution in [3.8, 4) is 0 Å². The number of hydrogen-bond donors (Lipinski definition) is 2. The molecule has 0 saturated carbocycles. The van der Waals surface area contributed by atoms with Crippen LogP contribution in [0.5, 0.6) is 0 Å². The molecule has 0 fully saturated rings. The highest BCUT2D eigenvalue weighted by Crippen LogP contribution is 2.26. The summed E-state index contributed by atoms with van der Waals surface area (Å²) in [5, 5.41) is 7.22. The van der Waals surface area contributed by atoms with Crippen LogP contribution in [-0.4, -0.2) is 5.91 Å². The van der Waals surface area contributed by atoms with Crippen molar-refractivity contribution in [1.82, 2.24) is 0 Å². The summed E-state index contributed by atoms with van der Waals surface area (Å²) in [6, 6.07) is 4.79. The lowest BCUT2D eigenvalue weighted by atomic mass is 10.1. The fourth-order valence-electron chi connectivity index (χ4n) is 1.81. The zero-order valence-electron chi connectivity index (χ0n) is 10.7. The average Bonchev–Trinajstić information content (AvgIpc) is 2.88. The molecule has 1 atom stereocenters. The van der Waals surface area contributed by atoms with Gasteiger partial charge in [0, 0.05) is 22.9 Å². The van der Waals surface area contributed by atoms with Gasteiger partial charge in [0.2, 0.25) is 5.91 Å². The van der Waals surface area contributed by atoms with E-state index in [-0.39, 0.29) is 11.6 Å². The van der Waals surface area contributed by atoms with Crippen LogP contribution in [0.4, 0.5) is 10.1 Å². The molecule has 1 heterocycles. The van der Waals surface area contributed by atoms with Crippen LogP contribution in [0, 0.1) is 12.7 Å². The van der Waals surface area contributed by atoms with E-state index in [2.05, 4.69) is 5.32 Å². The Morgan fingerprint density at radius 3 is 2.79 bits per heavy atom. The lowest BCUT2D eigenvalue weighted by molar-refractivity contribution is 0.1000. The molecule has 1 unspecified atom stereocenters. The number of nitrogens with two attached hydrogens (primary N) is 1. The third-order valence-corrected chi connectivity index (χ3v) is 3.75. The van der Waals surface area contributed by atoms with Gasteiger partial charge in [-0.1, -0.05) is 0 Å². The lowest BCUT2D eigenvalue weighted by Gasteiger charge is -2.17. The van der Waals surface area contributed by atoms with E-state index in [1.54, 1.807) is 24.3 Å². The van der Waals surface area contributed by atoms with E-state index in [9.17, 15) is 9.18 Å². The standard InChI is InChI=1S/C14H15FN2OS/c1-8-12(15)5-11(14(16)18)6-13(8)17-9(2)10-3-4-19-7-10/h3-7,9,17H,1-2H3,(H2,16,18). The Labute approximate surface area is 115 Å². The van der Waals surface area contributed by atoms with Crippen LogP contribution >= 0.6 is 11.3 Å². The molecule has 100 valence electrons. The Morgan fingerprint density at radius 2 is 2.21 bits per heavy atom.